The summed E-state index contributed by atoms with van der Waals surface area (Å²) in [5.41, 5.74) is 4.84. The van der Waals surface area contributed by atoms with Crippen LogP contribution in [-0.2, 0) is 0 Å². The normalized spacial score (nSPS) is 10.6. The Labute approximate surface area is 165 Å². The molecule has 0 radical (unpaired) electrons. The van der Waals surface area contributed by atoms with Gasteiger partial charge in [-0.2, -0.15) is 10.2 Å². The van der Waals surface area contributed by atoms with Gasteiger partial charge in [0, 0.05) is 36.3 Å². The number of aromatic nitrogens is 6. The Morgan fingerprint density at radius 3 is 2.29 bits per heavy atom. The van der Waals surface area contributed by atoms with Crippen molar-refractivity contribution in [3.8, 4) is 22.4 Å². The Morgan fingerprint density at radius 1 is 0.893 bits per heavy atom. The second kappa shape index (κ2) is 9.12. The van der Waals surface area contributed by atoms with Crippen LogP contribution in [0.1, 0.15) is 33.6 Å². The van der Waals surface area contributed by atoms with Crippen molar-refractivity contribution in [1.82, 2.24) is 30.6 Å². The number of H-pyrrole nitrogens is 2. The minimum absolute atomic E-state index is 0.816. The lowest BCUT2D eigenvalue weighted by Gasteiger charge is -2.14. The summed E-state index contributed by atoms with van der Waals surface area (Å²) in [6.07, 6.45) is 8.14. The summed E-state index contributed by atoms with van der Waals surface area (Å²) in [5, 5.41) is 23.9. The molecule has 7 nitrogen and oxygen atoms in total. The Balaban J connectivity index is 0.000000516. The summed E-state index contributed by atoms with van der Waals surface area (Å²) >= 11 is 0. The number of hydrogen-bond acceptors (Lipinski definition) is 5. The van der Waals surface area contributed by atoms with Crippen molar-refractivity contribution in [1.29, 1.82) is 0 Å². The van der Waals surface area contributed by atoms with Crippen LogP contribution in [-0.4, -0.2) is 44.2 Å². The first-order chi connectivity index (χ1) is 13.7. The zero-order valence-corrected chi connectivity index (χ0v) is 16.9. The van der Waals surface area contributed by atoms with Gasteiger partial charge in [-0.25, -0.2) is 0 Å². The van der Waals surface area contributed by atoms with Crippen LogP contribution < -0.4 is 4.90 Å². The van der Waals surface area contributed by atoms with Gasteiger partial charge in [-0.15, -0.1) is 10.2 Å². The smallest absolute Gasteiger partial charge is 0.151 e. The molecule has 0 saturated carbocycles. The van der Waals surface area contributed by atoms with Gasteiger partial charge < -0.3 is 4.90 Å². The molecule has 0 amide bonds. The van der Waals surface area contributed by atoms with E-state index in [1.807, 2.05) is 42.5 Å². The Kier molecular flexibility index (Phi) is 6.37. The van der Waals surface area contributed by atoms with Crippen LogP contribution >= 0.6 is 0 Å². The molecule has 1 aromatic carbocycles. The average molecular weight is 377 g/mol. The molecule has 0 unspecified atom stereocenters. The van der Waals surface area contributed by atoms with E-state index in [0.29, 0.717) is 0 Å². The monoisotopic (exact) mass is 377 g/mol. The van der Waals surface area contributed by atoms with Crippen LogP contribution in [0.2, 0.25) is 0 Å². The molecule has 4 rings (SSSR count). The highest BCUT2D eigenvalue weighted by atomic mass is 15.2. The number of aromatic amines is 2. The van der Waals surface area contributed by atoms with Gasteiger partial charge in [0.1, 0.15) is 0 Å². The van der Waals surface area contributed by atoms with Crippen LogP contribution in [0.15, 0.2) is 42.9 Å². The minimum Gasteiger partial charge on any atom is -0.358 e. The van der Waals surface area contributed by atoms with Gasteiger partial charge in [-0.05, 0) is 30.7 Å². The minimum atomic E-state index is 0.816. The lowest BCUT2D eigenvalue weighted by molar-refractivity contribution is 0.886. The van der Waals surface area contributed by atoms with Gasteiger partial charge in [0.2, 0.25) is 0 Å². The fourth-order valence-corrected chi connectivity index (χ4v) is 2.73. The fraction of sp³-hybridized carbons (Fsp3) is 0.333. The molecule has 7 heteroatoms. The van der Waals surface area contributed by atoms with Crippen molar-refractivity contribution in [3.05, 3.63) is 42.9 Å². The molecule has 28 heavy (non-hydrogen) atoms. The summed E-state index contributed by atoms with van der Waals surface area (Å²) in [4.78, 5) is 2.05. The van der Waals surface area contributed by atoms with E-state index in [-0.39, 0.29) is 0 Å². The van der Waals surface area contributed by atoms with E-state index in [1.165, 1.54) is 12.8 Å². The van der Waals surface area contributed by atoms with E-state index < -0.39 is 0 Å². The lowest BCUT2D eigenvalue weighted by atomic mass is 10.0. The molecular formula is C21H27N7. The molecule has 3 aromatic heterocycles. The van der Waals surface area contributed by atoms with E-state index in [1.54, 1.807) is 6.20 Å². The zero-order valence-electron chi connectivity index (χ0n) is 16.9. The van der Waals surface area contributed by atoms with Gasteiger partial charge in [0.15, 0.2) is 5.82 Å². The first-order valence-corrected chi connectivity index (χ1v) is 9.70. The number of fused-ring (bicyclic) bond motifs is 1. The van der Waals surface area contributed by atoms with Crippen LogP contribution in [0.25, 0.3) is 33.3 Å². The summed E-state index contributed by atoms with van der Waals surface area (Å²) in [7, 11) is 2.00. The molecule has 0 fully saturated rings. The van der Waals surface area contributed by atoms with Crippen molar-refractivity contribution in [3.63, 3.8) is 0 Å². The SMILES string of the molecule is CCCC.CCN(C)c1ccc(-c2ccc(-c3cn[nH]c3)c3cn[nH]c23)nn1. The lowest BCUT2D eigenvalue weighted by Crippen LogP contribution is -2.17. The average Bonchev–Trinajstić information content (AvgIpc) is 3.45. The van der Waals surface area contributed by atoms with Crippen molar-refractivity contribution < 1.29 is 0 Å². The summed E-state index contributed by atoms with van der Waals surface area (Å²) in [5.74, 6) is 0.858. The summed E-state index contributed by atoms with van der Waals surface area (Å²) in [6.45, 7) is 7.33. The molecule has 2 N–H and O–H groups in total. The van der Waals surface area contributed by atoms with E-state index >= 15 is 0 Å². The molecule has 0 aliphatic rings. The zero-order chi connectivity index (χ0) is 19.9. The van der Waals surface area contributed by atoms with Crippen molar-refractivity contribution >= 4 is 16.7 Å². The van der Waals surface area contributed by atoms with Gasteiger partial charge in [0.25, 0.3) is 0 Å². The molecule has 0 aliphatic carbocycles. The molecule has 4 aromatic rings. The third kappa shape index (κ3) is 4.03. The quantitative estimate of drug-likeness (QED) is 0.528. The molecular weight excluding hydrogens is 350 g/mol. The maximum absolute atomic E-state index is 4.38. The van der Waals surface area contributed by atoms with Gasteiger partial charge in [-0.3, -0.25) is 10.2 Å². The number of rotatable bonds is 5. The van der Waals surface area contributed by atoms with E-state index in [0.717, 1.165) is 45.6 Å². The highest BCUT2D eigenvalue weighted by Gasteiger charge is 2.13. The topological polar surface area (TPSA) is 86.4 Å². The van der Waals surface area contributed by atoms with Crippen LogP contribution in [0, 0.1) is 0 Å². The highest BCUT2D eigenvalue weighted by molar-refractivity contribution is 6.01. The summed E-state index contributed by atoms with van der Waals surface area (Å²) in [6, 6.07) is 8.07. The third-order valence-electron chi connectivity index (χ3n) is 4.72. The number of hydrogen-bond donors (Lipinski definition) is 2. The van der Waals surface area contributed by atoms with Crippen molar-refractivity contribution in [2.75, 3.05) is 18.5 Å². The highest BCUT2D eigenvalue weighted by Crippen LogP contribution is 2.33. The fourth-order valence-electron chi connectivity index (χ4n) is 2.73. The van der Waals surface area contributed by atoms with Gasteiger partial charge in [0.05, 0.1) is 23.6 Å². The number of anilines is 1. The predicted octanol–water partition coefficient (Wildman–Crippen LogP) is 4.67. The molecule has 0 spiro atoms. The van der Waals surface area contributed by atoms with Gasteiger partial charge >= 0.3 is 0 Å². The summed E-state index contributed by atoms with van der Waals surface area (Å²) < 4.78 is 0. The standard InChI is InChI=1S/C17H17N7.C4H10/c1-3-24(2)16-7-6-15(21-22-16)13-5-4-12(11-8-18-19-9-11)14-10-20-23-17(13)14;1-3-4-2/h4-10H,3H2,1-2H3,(H,18,19)(H,20,23);3-4H2,1-2H3. The number of unbranched alkanes of at least 4 members (excludes halogenated alkanes) is 1. The molecule has 0 saturated heterocycles. The largest absolute Gasteiger partial charge is 0.358 e. The Morgan fingerprint density at radius 2 is 1.68 bits per heavy atom. The first kappa shape index (κ1) is 19.5. The van der Waals surface area contributed by atoms with Gasteiger partial charge in [-0.1, -0.05) is 32.8 Å². The third-order valence-corrected chi connectivity index (χ3v) is 4.72. The Bertz CT molecular complexity index is 985. The van der Waals surface area contributed by atoms with Crippen molar-refractivity contribution in [2.45, 2.75) is 33.6 Å². The second-order valence-corrected chi connectivity index (χ2v) is 6.60. The maximum Gasteiger partial charge on any atom is 0.151 e. The van der Waals surface area contributed by atoms with E-state index in [4.69, 9.17) is 0 Å². The molecule has 0 atom stereocenters. The maximum atomic E-state index is 4.38. The van der Waals surface area contributed by atoms with Crippen molar-refractivity contribution in [2.24, 2.45) is 0 Å². The molecule has 0 aliphatic heterocycles. The number of benzene rings is 1. The second-order valence-electron chi connectivity index (χ2n) is 6.60. The molecule has 146 valence electrons. The molecule has 3 heterocycles. The number of nitrogens with one attached hydrogen (secondary N) is 2. The first-order valence-electron chi connectivity index (χ1n) is 9.70. The van der Waals surface area contributed by atoms with E-state index in [9.17, 15) is 0 Å². The van der Waals surface area contributed by atoms with Crippen LogP contribution in [0.5, 0.6) is 0 Å². The molecule has 0 bridgehead atoms. The van der Waals surface area contributed by atoms with Crippen LogP contribution in [0.3, 0.4) is 0 Å². The Hall–Kier alpha value is -3.22. The predicted molar refractivity (Wildman–Crippen MR) is 114 cm³/mol. The number of nitrogens with zero attached hydrogens (tertiary/aromatic N) is 5. The van der Waals surface area contributed by atoms with Crippen LogP contribution in [0.4, 0.5) is 5.82 Å². The van der Waals surface area contributed by atoms with E-state index in [2.05, 4.69) is 57.4 Å².